The number of nitrogens with one attached hydrogen (secondary N) is 1. The summed E-state index contributed by atoms with van der Waals surface area (Å²) in [6.07, 6.45) is 3.46. The van der Waals surface area contributed by atoms with Crippen LogP contribution >= 0.6 is 0 Å². The van der Waals surface area contributed by atoms with Gasteiger partial charge in [0.15, 0.2) is 0 Å². The van der Waals surface area contributed by atoms with Crippen LogP contribution in [0.5, 0.6) is 0 Å². The number of aromatic nitrogens is 2. The lowest BCUT2D eigenvalue weighted by atomic mass is 10.0. The number of fused-ring (bicyclic) bond motifs is 1. The summed E-state index contributed by atoms with van der Waals surface area (Å²) in [5.41, 5.74) is 7.22. The van der Waals surface area contributed by atoms with E-state index in [4.69, 9.17) is 5.73 Å². The molecule has 5 heteroatoms. The molecule has 0 aliphatic rings. The van der Waals surface area contributed by atoms with Crippen molar-refractivity contribution in [2.75, 3.05) is 5.32 Å². The standard InChI is InChI=1S/C16H16N4O/c17-16(21)11-20-10-14(9-19-20)18-8-13-6-3-5-12-4-1-2-7-15(12)13/h1-7,9-10,18H,8,11H2,(H2,17,21). The summed E-state index contributed by atoms with van der Waals surface area (Å²) < 4.78 is 1.52. The molecule has 3 aromatic rings. The summed E-state index contributed by atoms with van der Waals surface area (Å²) in [6, 6.07) is 14.5. The number of hydrogen-bond donors (Lipinski definition) is 2. The molecule has 3 N–H and O–H groups in total. The molecule has 0 radical (unpaired) electrons. The van der Waals surface area contributed by atoms with Crippen LogP contribution < -0.4 is 11.1 Å². The zero-order chi connectivity index (χ0) is 14.7. The first kappa shape index (κ1) is 13.2. The molecule has 0 bridgehead atoms. The zero-order valence-corrected chi connectivity index (χ0v) is 11.5. The predicted octanol–water partition coefficient (Wildman–Crippen LogP) is 2.13. The molecule has 0 aliphatic carbocycles. The highest BCUT2D eigenvalue weighted by Gasteiger charge is 2.03. The molecule has 1 amide bonds. The van der Waals surface area contributed by atoms with Gasteiger partial charge >= 0.3 is 0 Å². The van der Waals surface area contributed by atoms with Gasteiger partial charge in [-0.05, 0) is 16.3 Å². The number of benzene rings is 2. The van der Waals surface area contributed by atoms with E-state index in [1.165, 1.54) is 21.0 Å². The minimum absolute atomic E-state index is 0.0932. The Labute approximate surface area is 122 Å². The summed E-state index contributed by atoms with van der Waals surface area (Å²) in [4.78, 5) is 10.8. The Morgan fingerprint density at radius 3 is 2.86 bits per heavy atom. The smallest absolute Gasteiger partial charge is 0.239 e. The fraction of sp³-hybridized carbons (Fsp3) is 0.125. The van der Waals surface area contributed by atoms with Crippen LogP contribution in [0.25, 0.3) is 10.8 Å². The van der Waals surface area contributed by atoms with E-state index in [-0.39, 0.29) is 6.54 Å². The summed E-state index contributed by atoms with van der Waals surface area (Å²) in [6.45, 7) is 0.791. The summed E-state index contributed by atoms with van der Waals surface area (Å²) in [7, 11) is 0. The molecule has 3 rings (SSSR count). The molecule has 0 saturated heterocycles. The average Bonchev–Trinajstić information content (AvgIpc) is 2.92. The minimum Gasteiger partial charge on any atom is -0.378 e. The normalized spacial score (nSPS) is 10.7. The number of primary amides is 1. The maximum absolute atomic E-state index is 10.8. The lowest BCUT2D eigenvalue weighted by Crippen LogP contribution is -2.18. The molecule has 0 atom stereocenters. The molecule has 0 saturated carbocycles. The molecule has 0 fully saturated rings. The van der Waals surface area contributed by atoms with Gasteiger partial charge in [0.25, 0.3) is 0 Å². The number of carbonyl (C=O) groups is 1. The highest BCUT2D eigenvalue weighted by atomic mass is 16.1. The third-order valence-corrected chi connectivity index (χ3v) is 3.31. The van der Waals surface area contributed by atoms with Crippen molar-refractivity contribution in [3.8, 4) is 0 Å². The first-order valence-electron chi connectivity index (χ1n) is 6.73. The quantitative estimate of drug-likeness (QED) is 0.752. The van der Waals surface area contributed by atoms with Gasteiger partial charge in [-0.25, -0.2) is 0 Å². The Morgan fingerprint density at radius 2 is 2.00 bits per heavy atom. The third-order valence-electron chi connectivity index (χ3n) is 3.31. The highest BCUT2D eigenvalue weighted by molar-refractivity contribution is 5.85. The van der Waals surface area contributed by atoms with Crippen LogP contribution in [0.3, 0.4) is 0 Å². The van der Waals surface area contributed by atoms with E-state index in [2.05, 4.69) is 40.7 Å². The molecule has 0 spiro atoms. The fourth-order valence-electron chi connectivity index (χ4n) is 2.34. The molecule has 1 aromatic heterocycles. The van der Waals surface area contributed by atoms with Gasteiger partial charge in [0.1, 0.15) is 6.54 Å². The molecule has 0 aliphatic heterocycles. The summed E-state index contributed by atoms with van der Waals surface area (Å²) in [5, 5.41) is 9.85. The Balaban J connectivity index is 1.74. The van der Waals surface area contributed by atoms with Crippen molar-refractivity contribution >= 4 is 22.4 Å². The fourth-order valence-corrected chi connectivity index (χ4v) is 2.34. The second-order valence-corrected chi connectivity index (χ2v) is 4.88. The zero-order valence-electron chi connectivity index (χ0n) is 11.5. The van der Waals surface area contributed by atoms with Crippen LogP contribution in [0.4, 0.5) is 5.69 Å². The van der Waals surface area contributed by atoms with E-state index in [1.54, 1.807) is 12.4 Å². The van der Waals surface area contributed by atoms with Crippen LogP contribution in [-0.2, 0) is 17.9 Å². The van der Waals surface area contributed by atoms with Gasteiger partial charge in [-0.2, -0.15) is 5.10 Å². The molecule has 5 nitrogen and oxygen atoms in total. The Hall–Kier alpha value is -2.82. The second-order valence-electron chi connectivity index (χ2n) is 4.88. The third kappa shape index (κ3) is 3.02. The van der Waals surface area contributed by atoms with Crippen LogP contribution in [0.1, 0.15) is 5.56 Å². The monoisotopic (exact) mass is 280 g/mol. The van der Waals surface area contributed by atoms with Gasteiger partial charge in [0, 0.05) is 12.7 Å². The lowest BCUT2D eigenvalue weighted by Gasteiger charge is -2.07. The van der Waals surface area contributed by atoms with Gasteiger partial charge in [-0.1, -0.05) is 42.5 Å². The largest absolute Gasteiger partial charge is 0.378 e. The predicted molar refractivity (Wildman–Crippen MR) is 82.7 cm³/mol. The molecule has 0 unspecified atom stereocenters. The molecular weight excluding hydrogens is 264 g/mol. The number of amides is 1. The minimum atomic E-state index is -0.404. The van der Waals surface area contributed by atoms with E-state index >= 15 is 0 Å². The van der Waals surface area contributed by atoms with Crippen LogP contribution in [0.15, 0.2) is 54.9 Å². The number of nitrogens with zero attached hydrogens (tertiary/aromatic N) is 2. The number of hydrogen-bond acceptors (Lipinski definition) is 3. The lowest BCUT2D eigenvalue weighted by molar-refractivity contribution is -0.118. The molecular formula is C16H16N4O. The van der Waals surface area contributed by atoms with Crippen molar-refractivity contribution in [1.82, 2.24) is 9.78 Å². The number of rotatable bonds is 5. The Morgan fingerprint density at radius 1 is 1.19 bits per heavy atom. The van der Waals surface area contributed by atoms with Crippen LogP contribution in [0.2, 0.25) is 0 Å². The highest BCUT2D eigenvalue weighted by Crippen LogP contribution is 2.19. The van der Waals surface area contributed by atoms with E-state index in [0.29, 0.717) is 6.54 Å². The van der Waals surface area contributed by atoms with Crippen molar-refractivity contribution in [3.05, 3.63) is 60.4 Å². The van der Waals surface area contributed by atoms with Crippen molar-refractivity contribution in [2.24, 2.45) is 5.73 Å². The van der Waals surface area contributed by atoms with E-state index < -0.39 is 5.91 Å². The topological polar surface area (TPSA) is 72.9 Å². The van der Waals surface area contributed by atoms with Crippen molar-refractivity contribution in [1.29, 1.82) is 0 Å². The van der Waals surface area contributed by atoms with Crippen molar-refractivity contribution in [2.45, 2.75) is 13.1 Å². The molecule has 2 aromatic carbocycles. The first-order chi connectivity index (χ1) is 10.2. The van der Waals surface area contributed by atoms with Gasteiger partial charge in [0.05, 0.1) is 11.9 Å². The van der Waals surface area contributed by atoms with Gasteiger partial charge in [-0.3, -0.25) is 9.48 Å². The van der Waals surface area contributed by atoms with Gasteiger partial charge < -0.3 is 11.1 Å². The van der Waals surface area contributed by atoms with E-state index in [9.17, 15) is 4.79 Å². The second kappa shape index (κ2) is 5.66. The summed E-state index contributed by atoms with van der Waals surface area (Å²) in [5.74, 6) is -0.404. The van der Waals surface area contributed by atoms with Crippen LogP contribution in [0, 0.1) is 0 Å². The maximum Gasteiger partial charge on any atom is 0.239 e. The molecule has 1 heterocycles. The molecule has 106 valence electrons. The SMILES string of the molecule is NC(=O)Cn1cc(NCc2cccc3ccccc23)cn1. The number of anilines is 1. The van der Waals surface area contributed by atoms with E-state index in [0.717, 1.165) is 5.69 Å². The van der Waals surface area contributed by atoms with E-state index in [1.807, 2.05) is 12.1 Å². The number of nitrogens with two attached hydrogens (primary N) is 1. The van der Waals surface area contributed by atoms with Crippen LogP contribution in [-0.4, -0.2) is 15.7 Å². The Kier molecular flexibility index (Phi) is 3.55. The average molecular weight is 280 g/mol. The number of carbonyl (C=O) groups excluding carboxylic acids is 1. The van der Waals surface area contributed by atoms with Gasteiger partial charge in [-0.15, -0.1) is 0 Å². The van der Waals surface area contributed by atoms with Crippen molar-refractivity contribution in [3.63, 3.8) is 0 Å². The Bertz CT molecular complexity index is 773. The maximum atomic E-state index is 10.8. The molecule has 21 heavy (non-hydrogen) atoms. The van der Waals surface area contributed by atoms with Gasteiger partial charge in [0.2, 0.25) is 5.91 Å². The first-order valence-corrected chi connectivity index (χ1v) is 6.73. The van der Waals surface area contributed by atoms with Crippen molar-refractivity contribution < 1.29 is 4.79 Å². The summed E-state index contributed by atoms with van der Waals surface area (Å²) >= 11 is 0.